The number of carbonyl (C=O) groups excluding carboxylic acids is 3. The lowest BCUT2D eigenvalue weighted by atomic mass is 10.1. The van der Waals surface area contributed by atoms with Gasteiger partial charge >= 0.3 is 0 Å². The van der Waals surface area contributed by atoms with Gasteiger partial charge in [-0.1, -0.05) is 30.3 Å². The van der Waals surface area contributed by atoms with Crippen LogP contribution in [-0.4, -0.2) is 66.8 Å². The van der Waals surface area contributed by atoms with E-state index in [0.717, 1.165) is 5.56 Å². The van der Waals surface area contributed by atoms with Gasteiger partial charge in [0.1, 0.15) is 6.04 Å². The van der Waals surface area contributed by atoms with Gasteiger partial charge in [-0.2, -0.15) is 0 Å². The van der Waals surface area contributed by atoms with Crippen LogP contribution in [-0.2, 0) is 20.9 Å². The zero-order valence-electron chi connectivity index (χ0n) is 14.1. The summed E-state index contributed by atoms with van der Waals surface area (Å²) in [5.74, 6) is -0.518. The van der Waals surface area contributed by atoms with Crippen molar-refractivity contribution < 1.29 is 14.4 Å². The van der Waals surface area contributed by atoms with Crippen LogP contribution in [0.4, 0.5) is 0 Å². The molecule has 1 unspecified atom stereocenters. The highest BCUT2D eigenvalue weighted by atomic mass is 16.2. The molecule has 1 fully saturated rings. The number of rotatable bonds is 5. The maximum Gasteiger partial charge on any atom is 0.242 e. The topological polar surface area (TPSA) is 81.8 Å². The van der Waals surface area contributed by atoms with Crippen LogP contribution in [0.15, 0.2) is 30.3 Å². The van der Waals surface area contributed by atoms with E-state index >= 15 is 0 Å². The highest BCUT2D eigenvalue weighted by molar-refractivity contribution is 5.86. The lowest BCUT2D eigenvalue weighted by Crippen LogP contribution is -2.60. The maximum absolute atomic E-state index is 12.2. The Balaban J connectivity index is 2.03. The quantitative estimate of drug-likeness (QED) is 0.767. The molecule has 2 N–H and O–H groups in total. The zero-order valence-corrected chi connectivity index (χ0v) is 14.1. The van der Waals surface area contributed by atoms with Crippen LogP contribution in [0.1, 0.15) is 12.5 Å². The van der Waals surface area contributed by atoms with Crippen molar-refractivity contribution in [2.24, 2.45) is 0 Å². The zero-order chi connectivity index (χ0) is 17.5. The molecule has 1 aliphatic rings. The predicted molar refractivity (Wildman–Crippen MR) is 90.0 cm³/mol. The van der Waals surface area contributed by atoms with Crippen LogP contribution in [0.25, 0.3) is 0 Å². The first kappa shape index (κ1) is 17.9. The maximum atomic E-state index is 12.2. The Bertz CT molecular complexity index is 591. The minimum Gasteiger partial charge on any atom is -0.358 e. The molecule has 7 nitrogen and oxygen atoms in total. The molecular weight excluding hydrogens is 308 g/mol. The first-order chi connectivity index (χ1) is 11.5. The monoisotopic (exact) mass is 332 g/mol. The number of hydrogen-bond donors (Lipinski definition) is 2. The van der Waals surface area contributed by atoms with Crippen molar-refractivity contribution in [2.75, 3.05) is 33.2 Å². The van der Waals surface area contributed by atoms with Crippen LogP contribution in [0.5, 0.6) is 0 Å². The molecule has 1 saturated heterocycles. The normalized spacial score (nSPS) is 18.1. The Labute approximate surface area is 142 Å². The van der Waals surface area contributed by atoms with Crippen molar-refractivity contribution in [2.45, 2.75) is 19.5 Å². The fourth-order valence-corrected chi connectivity index (χ4v) is 2.78. The molecule has 0 radical (unpaired) electrons. The van der Waals surface area contributed by atoms with Gasteiger partial charge in [-0.25, -0.2) is 0 Å². The fraction of sp³-hybridized carbons (Fsp3) is 0.471. The number of likely N-dealkylation sites (N-methyl/N-ethyl adjacent to an activating group) is 1. The average molecular weight is 332 g/mol. The third-order valence-electron chi connectivity index (χ3n) is 4.11. The number of hydrogen-bond acceptors (Lipinski definition) is 4. The third-order valence-corrected chi connectivity index (χ3v) is 4.11. The van der Waals surface area contributed by atoms with E-state index in [2.05, 4.69) is 15.5 Å². The number of nitrogens with zero attached hydrogens (tertiary/aromatic N) is 2. The largest absolute Gasteiger partial charge is 0.358 e. The Morgan fingerprint density at radius 3 is 2.50 bits per heavy atom. The summed E-state index contributed by atoms with van der Waals surface area (Å²) in [5.41, 5.74) is 1.13. The van der Waals surface area contributed by atoms with E-state index in [1.807, 2.05) is 30.3 Å². The lowest BCUT2D eigenvalue weighted by molar-refractivity contribution is -0.138. The van der Waals surface area contributed by atoms with Gasteiger partial charge in [0.15, 0.2) is 0 Å². The molecule has 0 spiro atoms. The summed E-state index contributed by atoms with van der Waals surface area (Å²) in [6.45, 7) is 3.47. The van der Waals surface area contributed by atoms with Gasteiger partial charge in [-0.15, -0.1) is 0 Å². The van der Waals surface area contributed by atoms with Gasteiger partial charge in [0.25, 0.3) is 0 Å². The van der Waals surface area contributed by atoms with Gasteiger partial charge in [-0.05, 0) is 5.56 Å². The number of amides is 3. The molecule has 1 atom stereocenters. The number of piperazine rings is 1. The minimum absolute atomic E-state index is 0.0333. The molecular formula is C17H24N4O3. The first-order valence-corrected chi connectivity index (χ1v) is 8.03. The first-order valence-electron chi connectivity index (χ1n) is 8.03. The van der Waals surface area contributed by atoms with Crippen LogP contribution < -0.4 is 10.6 Å². The van der Waals surface area contributed by atoms with Crippen molar-refractivity contribution in [3.8, 4) is 0 Å². The van der Waals surface area contributed by atoms with E-state index < -0.39 is 6.04 Å². The average Bonchev–Trinajstić information content (AvgIpc) is 2.60. The number of carbonyl (C=O) groups is 3. The van der Waals surface area contributed by atoms with Crippen LogP contribution >= 0.6 is 0 Å². The summed E-state index contributed by atoms with van der Waals surface area (Å²) >= 11 is 0. The summed E-state index contributed by atoms with van der Waals surface area (Å²) in [6, 6.07) is 9.54. The molecule has 1 aromatic rings. The van der Waals surface area contributed by atoms with Crippen molar-refractivity contribution in [1.29, 1.82) is 0 Å². The summed E-state index contributed by atoms with van der Waals surface area (Å²) in [7, 11) is 1.60. The van der Waals surface area contributed by atoms with Crippen LogP contribution in [0, 0.1) is 0 Å². The van der Waals surface area contributed by atoms with Crippen LogP contribution in [0.3, 0.4) is 0 Å². The SMILES string of the molecule is CNC(=O)C1CN(C(=O)CNC(C)=O)CCN1Cc1ccccc1. The lowest BCUT2D eigenvalue weighted by Gasteiger charge is -2.40. The van der Waals surface area contributed by atoms with Gasteiger partial charge in [0.2, 0.25) is 17.7 Å². The Hall–Kier alpha value is -2.41. The van der Waals surface area contributed by atoms with E-state index in [9.17, 15) is 14.4 Å². The van der Waals surface area contributed by atoms with Gasteiger partial charge in [0.05, 0.1) is 6.54 Å². The molecule has 1 aliphatic heterocycles. The van der Waals surface area contributed by atoms with Crippen molar-refractivity contribution in [3.63, 3.8) is 0 Å². The highest BCUT2D eigenvalue weighted by Gasteiger charge is 2.33. The summed E-state index contributed by atoms with van der Waals surface area (Å²) in [4.78, 5) is 39.1. The van der Waals surface area contributed by atoms with E-state index in [4.69, 9.17) is 0 Å². The fourth-order valence-electron chi connectivity index (χ4n) is 2.78. The summed E-state index contributed by atoms with van der Waals surface area (Å²) < 4.78 is 0. The molecule has 1 aromatic carbocycles. The van der Waals surface area contributed by atoms with E-state index in [-0.39, 0.29) is 24.3 Å². The highest BCUT2D eigenvalue weighted by Crippen LogP contribution is 2.14. The second-order valence-electron chi connectivity index (χ2n) is 5.84. The molecule has 2 rings (SSSR count). The molecule has 0 aliphatic carbocycles. The second-order valence-corrected chi connectivity index (χ2v) is 5.84. The molecule has 0 saturated carbocycles. The Morgan fingerprint density at radius 2 is 1.88 bits per heavy atom. The van der Waals surface area contributed by atoms with E-state index in [0.29, 0.717) is 26.2 Å². The van der Waals surface area contributed by atoms with Crippen molar-refractivity contribution in [3.05, 3.63) is 35.9 Å². The summed E-state index contributed by atoms with van der Waals surface area (Å²) in [5, 5.41) is 5.18. The van der Waals surface area contributed by atoms with Crippen molar-refractivity contribution in [1.82, 2.24) is 20.4 Å². The third kappa shape index (κ3) is 4.79. The van der Waals surface area contributed by atoms with Gasteiger partial charge in [0, 0.05) is 40.2 Å². The molecule has 0 aromatic heterocycles. The van der Waals surface area contributed by atoms with Crippen molar-refractivity contribution >= 4 is 17.7 Å². The Kier molecular flexibility index (Phi) is 6.31. The minimum atomic E-state index is -0.398. The second kappa shape index (κ2) is 8.44. The molecule has 1 heterocycles. The number of benzene rings is 1. The summed E-state index contributed by atoms with van der Waals surface area (Å²) in [6.07, 6.45) is 0. The molecule has 0 bridgehead atoms. The Morgan fingerprint density at radius 1 is 1.17 bits per heavy atom. The van der Waals surface area contributed by atoms with Gasteiger partial charge in [-0.3, -0.25) is 19.3 Å². The predicted octanol–water partition coefficient (Wildman–Crippen LogP) is -0.418. The number of nitrogens with one attached hydrogen (secondary N) is 2. The molecule has 24 heavy (non-hydrogen) atoms. The van der Waals surface area contributed by atoms with Crippen LogP contribution in [0.2, 0.25) is 0 Å². The molecule has 7 heteroatoms. The van der Waals surface area contributed by atoms with E-state index in [1.165, 1.54) is 6.92 Å². The van der Waals surface area contributed by atoms with Gasteiger partial charge < -0.3 is 15.5 Å². The molecule has 3 amide bonds. The standard InChI is InChI=1S/C17H24N4O3/c1-13(22)19-10-16(23)21-9-8-20(15(12-21)17(24)18-2)11-14-6-4-3-5-7-14/h3-7,15H,8-12H2,1-2H3,(H,18,24)(H,19,22). The molecule has 130 valence electrons. The van der Waals surface area contributed by atoms with E-state index in [1.54, 1.807) is 11.9 Å². The smallest absolute Gasteiger partial charge is 0.242 e.